The maximum absolute atomic E-state index is 13.4. The van der Waals surface area contributed by atoms with Gasteiger partial charge in [0.25, 0.3) is 0 Å². The number of hydrogen-bond donors (Lipinski definition) is 1. The third-order valence-electron chi connectivity index (χ3n) is 3.14. The number of nitrogens with one attached hydrogen (secondary N) is 1. The van der Waals surface area contributed by atoms with Gasteiger partial charge < -0.3 is 10.2 Å². The topological polar surface area (TPSA) is 52.7 Å². The first-order chi connectivity index (χ1) is 10.4. The van der Waals surface area contributed by atoms with Crippen LogP contribution < -0.4 is 5.32 Å². The molecular formula is C15H21F2N3O2. The summed E-state index contributed by atoms with van der Waals surface area (Å²) in [4.78, 5) is 26.9. The second-order valence-corrected chi connectivity index (χ2v) is 4.91. The number of amides is 2. The normalized spacial score (nSPS) is 10.6. The number of halogens is 2. The Kier molecular flexibility index (Phi) is 6.91. The zero-order chi connectivity index (χ0) is 16.7. The van der Waals surface area contributed by atoms with Crippen LogP contribution in [0.1, 0.15) is 13.8 Å². The van der Waals surface area contributed by atoms with Gasteiger partial charge in [-0.05, 0) is 33.0 Å². The third kappa shape index (κ3) is 5.40. The highest BCUT2D eigenvalue weighted by atomic mass is 19.1. The first kappa shape index (κ1) is 18.0. The van der Waals surface area contributed by atoms with Crippen molar-refractivity contribution in [3.05, 3.63) is 29.8 Å². The van der Waals surface area contributed by atoms with Gasteiger partial charge in [-0.25, -0.2) is 8.78 Å². The quantitative estimate of drug-likeness (QED) is 0.834. The molecule has 5 nitrogen and oxygen atoms in total. The fourth-order valence-electron chi connectivity index (χ4n) is 1.99. The van der Waals surface area contributed by atoms with Gasteiger partial charge in [-0.1, -0.05) is 0 Å². The van der Waals surface area contributed by atoms with Crippen LogP contribution >= 0.6 is 0 Å². The lowest BCUT2D eigenvalue weighted by atomic mass is 10.3. The molecule has 0 radical (unpaired) electrons. The molecule has 0 saturated carbocycles. The number of anilines is 1. The molecule has 1 N–H and O–H groups in total. The Hall–Kier alpha value is -2.02. The molecule has 7 heteroatoms. The van der Waals surface area contributed by atoms with Crippen LogP contribution in [0.3, 0.4) is 0 Å². The molecule has 0 aliphatic heterocycles. The van der Waals surface area contributed by atoms with Gasteiger partial charge in [-0.3, -0.25) is 14.5 Å². The minimum Gasteiger partial charge on any atom is -0.342 e. The van der Waals surface area contributed by atoms with Gasteiger partial charge in [0, 0.05) is 19.2 Å². The summed E-state index contributed by atoms with van der Waals surface area (Å²) >= 11 is 0. The summed E-state index contributed by atoms with van der Waals surface area (Å²) < 4.78 is 26.4. The Morgan fingerprint density at radius 1 is 1.14 bits per heavy atom. The number of hydrogen-bond acceptors (Lipinski definition) is 3. The van der Waals surface area contributed by atoms with Gasteiger partial charge in [0.2, 0.25) is 11.8 Å². The predicted molar refractivity (Wildman–Crippen MR) is 80.4 cm³/mol. The molecule has 22 heavy (non-hydrogen) atoms. The molecular weight excluding hydrogens is 292 g/mol. The molecule has 0 heterocycles. The highest BCUT2D eigenvalue weighted by Crippen LogP contribution is 2.15. The van der Waals surface area contributed by atoms with E-state index in [1.165, 1.54) is 4.90 Å². The Balaban J connectivity index is 2.54. The lowest BCUT2D eigenvalue weighted by Crippen LogP contribution is -2.41. The van der Waals surface area contributed by atoms with Gasteiger partial charge in [0.15, 0.2) is 0 Å². The molecule has 1 rings (SSSR count). The predicted octanol–water partition coefficient (Wildman–Crippen LogP) is 1.70. The number of carbonyl (C=O) groups is 2. The number of benzene rings is 1. The van der Waals surface area contributed by atoms with Gasteiger partial charge in [-0.15, -0.1) is 0 Å². The van der Waals surface area contributed by atoms with Crippen molar-refractivity contribution in [1.82, 2.24) is 9.80 Å². The summed E-state index contributed by atoms with van der Waals surface area (Å²) in [6, 6.07) is 2.83. The van der Waals surface area contributed by atoms with E-state index >= 15 is 0 Å². The largest absolute Gasteiger partial charge is 0.342 e. The second kappa shape index (κ2) is 8.43. The van der Waals surface area contributed by atoms with Crippen LogP contribution in [0.2, 0.25) is 0 Å². The van der Waals surface area contributed by atoms with E-state index in [1.807, 2.05) is 13.8 Å². The minimum absolute atomic E-state index is 0.0841. The van der Waals surface area contributed by atoms with E-state index in [4.69, 9.17) is 0 Å². The van der Waals surface area contributed by atoms with Crippen LogP contribution in [0.25, 0.3) is 0 Å². The monoisotopic (exact) mass is 313 g/mol. The molecule has 0 saturated heterocycles. The zero-order valence-electron chi connectivity index (χ0n) is 13.0. The average Bonchev–Trinajstić information content (AvgIpc) is 2.43. The molecule has 2 amide bonds. The molecule has 0 bridgehead atoms. The summed E-state index contributed by atoms with van der Waals surface area (Å²) in [6.45, 7) is 4.94. The van der Waals surface area contributed by atoms with Crippen LogP contribution in [0.5, 0.6) is 0 Å². The van der Waals surface area contributed by atoms with E-state index in [0.29, 0.717) is 13.1 Å². The van der Waals surface area contributed by atoms with Crippen LogP contribution in [-0.4, -0.2) is 54.8 Å². The maximum Gasteiger partial charge on any atom is 0.238 e. The highest BCUT2D eigenvalue weighted by Gasteiger charge is 2.15. The van der Waals surface area contributed by atoms with Gasteiger partial charge >= 0.3 is 0 Å². The Morgan fingerprint density at radius 3 is 2.36 bits per heavy atom. The average molecular weight is 313 g/mol. The van der Waals surface area contributed by atoms with Crippen molar-refractivity contribution in [3.63, 3.8) is 0 Å². The lowest BCUT2D eigenvalue weighted by molar-refractivity contribution is -0.132. The smallest absolute Gasteiger partial charge is 0.238 e. The van der Waals surface area contributed by atoms with E-state index in [-0.39, 0.29) is 24.7 Å². The van der Waals surface area contributed by atoms with Gasteiger partial charge in [0.05, 0.1) is 18.8 Å². The molecule has 0 spiro atoms. The molecule has 0 fully saturated rings. The summed E-state index contributed by atoms with van der Waals surface area (Å²) in [6.07, 6.45) is 0. The molecule has 0 aliphatic carbocycles. The molecule has 0 aromatic heterocycles. The van der Waals surface area contributed by atoms with E-state index in [1.54, 1.807) is 11.9 Å². The summed E-state index contributed by atoms with van der Waals surface area (Å²) in [5, 5.41) is 2.29. The summed E-state index contributed by atoms with van der Waals surface area (Å²) in [5.74, 6) is -1.95. The van der Waals surface area contributed by atoms with Crippen LogP contribution in [0.4, 0.5) is 14.5 Å². The standard InChI is InChI=1S/C15H21F2N3O2/c1-4-20(5-2)15(22)10-19(3)9-14(21)18-13-8-11(16)6-7-12(13)17/h6-8H,4-5,9-10H2,1-3H3,(H,18,21). The number of rotatable bonds is 7. The first-order valence-electron chi connectivity index (χ1n) is 7.08. The van der Waals surface area contributed by atoms with E-state index in [0.717, 1.165) is 18.2 Å². The van der Waals surface area contributed by atoms with Crippen molar-refractivity contribution in [2.24, 2.45) is 0 Å². The van der Waals surface area contributed by atoms with E-state index in [9.17, 15) is 18.4 Å². The molecule has 1 aromatic carbocycles. The molecule has 1 aromatic rings. The van der Waals surface area contributed by atoms with Crippen molar-refractivity contribution in [1.29, 1.82) is 0 Å². The van der Waals surface area contributed by atoms with Crippen LogP contribution in [0, 0.1) is 11.6 Å². The molecule has 122 valence electrons. The van der Waals surface area contributed by atoms with Gasteiger partial charge in [0.1, 0.15) is 11.6 Å². The lowest BCUT2D eigenvalue weighted by Gasteiger charge is -2.22. The number of carbonyl (C=O) groups excluding carboxylic acids is 2. The van der Waals surface area contributed by atoms with Crippen molar-refractivity contribution in [2.75, 3.05) is 38.5 Å². The number of likely N-dealkylation sites (N-methyl/N-ethyl adjacent to an activating group) is 2. The Bertz CT molecular complexity index is 534. The van der Waals surface area contributed by atoms with E-state index < -0.39 is 17.5 Å². The van der Waals surface area contributed by atoms with E-state index in [2.05, 4.69) is 5.32 Å². The second-order valence-electron chi connectivity index (χ2n) is 4.91. The minimum atomic E-state index is -0.711. The SMILES string of the molecule is CCN(CC)C(=O)CN(C)CC(=O)Nc1cc(F)ccc1F. The van der Waals surface area contributed by atoms with Crippen molar-refractivity contribution >= 4 is 17.5 Å². The maximum atomic E-state index is 13.4. The Labute approximate surface area is 128 Å². The molecule has 0 atom stereocenters. The number of nitrogens with zero attached hydrogens (tertiary/aromatic N) is 2. The van der Waals surface area contributed by atoms with Crippen LogP contribution in [-0.2, 0) is 9.59 Å². The first-order valence-corrected chi connectivity index (χ1v) is 7.08. The van der Waals surface area contributed by atoms with Crippen molar-refractivity contribution in [2.45, 2.75) is 13.8 Å². The Morgan fingerprint density at radius 2 is 1.77 bits per heavy atom. The van der Waals surface area contributed by atoms with Crippen molar-refractivity contribution < 1.29 is 18.4 Å². The molecule has 0 unspecified atom stereocenters. The van der Waals surface area contributed by atoms with Crippen molar-refractivity contribution in [3.8, 4) is 0 Å². The molecule has 0 aliphatic rings. The highest BCUT2D eigenvalue weighted by molar-refractivity contribution is 5.92. The van der Waals surface area contributed by atoms with Crippen LogP contribution in [0.15, 0.2) is 18.2 Å². The fraction of sp³-hybridized carbons (Fsp3) is 0.467. The fourth-order valence-corrected chi connectivity index (χ4v) is 1.99. The summed E-state index contributed by atoms with van der Waals surface area (Å²) in [5.41, 5.74) is -0.214. The third-order valence-corrected chi connectivity index (χ3v) is 3.14. The summed E-state index contributed by atoms with van der Waals surface area (Å²) in [7, 11) is 1.61. The zero-order valence-corrected chi connectivity index (χ0v) is 13.0. The van der Waals surface area contributed by atoms with Gasteiger partial charge in [-0.2, -0.15) is 0 Å².